The number of aromatic nitrogens is 2. The predicted molar refractivity (Wildman–Crippen MR) is 94.6 cm³/mol. The number of carbonyl (C=O) groups is 2. The monoisotopic (exact) mass is 371 g/mol. The van der Waals surface area contributed by atoms with Crippen molar-refractivity contribution in [2.24, 2.45) is 0 Å². The van der Waals surface area contributed by atoms with E-state index in [1.807, 2.05) is 0 Å². The quantitative estimate of drug-likeness (QED) is 0.687. The molecule has 8 heteroatoms. The van der Waals surface area contributed by atoms with E-state index in [0.717, 1.165) is 5.56 Å². The fourth-order valence-corrected chi connectivity index (χ4v) is 2.29. The van der Waals surface area contributed by atoms with Gasteiger partial charge in [0.1, 0.15) is 0 Å². The minimum Gasteiger partial charge on any atom is -0.452 e. The molecule has 26 heavy (non-hydrogen) atoms. The second-order valence-electron chi connectivity index (χ2n) is 5.36. The number of carbonyl (C=O) groups excluding carboxylic acids is 2. The van der Waals surface area contributed by atoms with Crippen LogP contribution in [0.5, 0.6) is 0 Å². The number of nitrogens with zero attached hydrogens (tertiary/aromatic N) is 2. The van der Waals surface area contributed by atoms with E-state index in [2.05, 4.69) is 15.5 Å². The summed E-state index contributed by atoms with van der Waals surface area (Å²) in [5, 5.41) is 7.05. The van der Waals surface area contributed by atoms with Crippen molar-refractivity contribution in [3.63, 3.8) is 0 Å². The molecule has 0 aliphatic rings. The molecule has 132 valence electrons. The van der Waals surface area contributed by atoms with E-state index >= 15 is 0 Å². The molecule has 1 heterocycles. The van der Waals surface area contributed by atoms with Gasteiger partial charge in [0.25, 0.3) is 5.89 Å². The molecule has 2 aromatic carbocycles. The summed E-state index contributed by atoms with van der Waals surface area (Å²) in [6.45, 7) is 1.22. The van der Waals surface area contributed by atoms with E-state index in [1.54, 1.807) is 42.5 Å². The molecule has 0 aliphatic heterocycles. The number of amides is 1. The van der Waals surface area contributed by atoms with E-state index in [4.69, 9.17) is 20.9 Å². The Bertz CT molecular complexity index is 938. The van der Waals surface area contributed by atoms with E-state index in [1.165, 1.54) is 13.0 Å². The van der Waals surface area contributed by atoms with Gasteiger partial charge in [-0.15, -0.1) is 0 Å². The number of esters is 1. The molecule has 0 saturated carbocycles. The van der Waals surface area contributed by atoms with Gasteiger partial charge in [0.05, 0.1) is 5.56 Å². The summed E-state index contributed by atoms with van der Waals surface area (Å²) in [5.41, 5.74) is 1.54. The molecular weight excluding hydrogens is 358 g/mol. The average Bonchev–Trinajstić information content (AvgIpc) is 3.09. The SMILES string of the molecule is CC(=O)Nc1cccc(C(=O)OCc2nc(-c3ccc(Cl)cc3)no2)c1. The molecule has 0 aliphatic carbocycles. The highest BCUT2D eigenvalue weighted by atomic mass is 35.5. The summed E-state index contributed by atoms with van der Waals surface area (Å²) in [6.07, 6.45) is 0. The molecule has 0 spiro atoms. The molecule has 1 amide bonds. The lowest BCUT2D eigenvalue weighted by Crippen LogP contribution is -2.09. The van der Waals surface area contributed by atoms with Gasteiger partial charge in [-0.1, -0.05) is 22.8 Å². The fraction of sp³-hybridized carbons (Fsp3) is 0.111. The lowest BCUT2D eigenvalue weighted by molar-refractivity contribution is -0.114. The zero-order chi connectivity index (χ0) is 18.5. The van der Waals surface area contributed by atoms with Gasteiger partial charge >= 0.3 is 5.97 Å². The third-order valence-electron chi connectivity index (χ3n) is 3.32. The van der Waals surface area contributed by atoms with Crippen molar-refractivity contribution in [1.82, 2.24) is 10.1 Å². The largest absolute Gasteiger partial charge is 0.452 e. The van der Waals surface area contributed by atoms with Crippen LogP contribution < -0.4 is 5.32 Å². The van der Waals surface area contributed by atoms with E-state index in [9.17, 15) is 9.59 Å². The van der Waals surface area contributed by atoms with Gasteiger partial charge in [-0.25, -0.2) is 4.79 Å². The van der Waals surface area contributed by atoms with Crippen molar-refractivity contribution in [3.05, 3.63) is 65.0 Å². The highest BCUT2D eigenvalue weighted by Gasteiger charge is 2.13. The van der Waals surface area contributed by atoms with Crippen LogP contribution in [-0.4, -0.2) is 22.0 Å². The number of benzene rings is 2. The second-order valence-corrected chi connectivity index (χ2v) is 5.79. The molecule has 1 N–H and O–H groups in total. The Balaban J connectivity index is 1.63. The summed E-state index contributed by atoms with van der Waals surface area (Å²) >= 11 is 5.84. The van der Waals surface area contributed by atoms with Crippen molar-refractivity contribution in [3.8, 4) is 11.4 Å². The number of rotatable bonds is 5. The van der Waals surface area contributed by atoms with Crippen LogP contribution in [0.3, 0.4) is 0 Å². The Morgan fingerprint density at radius 2 is 1.96 bits per heavy atom. The highest BCUT2D eigenvalue weighted by molar-refractivity contribution is 6.30. The van der Waals surface area contributed by atoms with Gasteiger partial charge in [0.15, 0.2) is 6.61 Å². The van der Waals surface area contributed by atoms with Crippen LogP contribution in [0.25, 0.3) is 11.4 Å². The first-order chi connectivity index (χ1) is 12.5. The summed E-state index contributed by atoms with van der Waals surface area (Å²) in [4.78, 5) is 27.4. The summed E-state index contributed by atoms with van der Waals surface area (Å²) in [6, 6.07) is 13.4. The molecule has 0 bridgehead atoms. The fourth-order valence-electron chi connectivity index (χ4n) is 2.17. The van der Waals surface area contributed by atoms with Gasteiger partial charge in [-0.05, 0) is 42.5 Å². The maximum absolute atomic E-state index is 12.1. The minimum atomic E-state index is -0.566. The molecule has 7 nitrogen and oxygen atoms in total. The third-order valence-corrected chi connectivity index (χ3v) is 3.57. The van der Waals surface area contributed by atoms with Gasteiger partial charge in [0, 0.05) is 23.2 Å². The van der Waals surface area contributed by atoms with Crippen LogP contribution in [0.15, 0.2) is 53.1 Å². The van der Waals surface area contributed by atoms with E-state index in [0.29, 0.717) is 22.1 Å². The summed E-state index contributed by atoms with van der Waals surface area (Å²) < 4.78 is 10.3. The maximum Gasteiger partial charge on any atom is 0.338 e. The Hall–Kier alpha value is -3.19. The molecule has 3 rings (SSSR count). The number of ether oxygens (including phenoxy) is 1. The lowest BCUT2D eigenvalue weighted by atomic mass is 10.2. The number of hydrogen-bond donors (Lipinski definition) is 1. The first-order valence-electron chi connectivity index (χ1n) is 7.64. The molecule has 0 radical (unpaired) electrons. The molecule has 3 aromatic rings. The van der Waals surface area contributed by atoms with Crippen molar-refractivity contribution < 1.29 is 18.8 Å². The standard InChI is InChI=1S/C18H14ClN3O4/c1-11(23)20-15-4-2-3-13(9-15)18(24)25-10-16-21-17(22-26-16)12-5-7-14(19)8-6-12/h2-9H,10H2,1H3,(H,20,23). The summed E-state index contributed by atoms with van der Waals surface area (Å²) in [5.74, 6) is -0.249. The van der Waals surface area contributed by atoms with Crippen LogP contribution in [-0.2, 0) is 16.1 Å². The molecule has 1 aromatic heterocycles. The average molecular weight is 372 g/mol. The van der Waals surface area contributed by atoms with Crippen LogP contribution in [0.4, 0.5) is 5.69 Å². The second kappa shape index (κ2) is 7.79. The smallest absolute Gasteiger partial charge is 0.338 e. The third kappa shape index (κ3) is 4.46. The van der Waals surface area contributed by atoms with E-state index < -0.39 is 5.97 Å². The first kappa shape index (κ1) is 17.6. The molecule has 0 unspecified atom stereocenters. The Kier molecular flexibility index (Phi) is 5.28. The molecule has 0 fully saturated rings. The van der Waals surface area contributed by atoms with Crippen molar-refractivity contribution in [1.29, 1.82) is 0 Å². The van der Waals surface area contributed by atoms with Gasteiger partial charge in [-0.3, -0.25) is 4.79 Å². The maximum atomic E-state index is 12.1. The van der Waals surface area contributed by atoms with Crippen LogP contribution in [0, 0.1) is 0 Å². The molecule has 0 atom stereocenters. The van der Waals surface area contributed by atoms with Crippen molar-refractivity contribution in [2.45, 2.75) is 13.5 Å². The summed E-state index contributed by atoms with van der Waals surface area (Å²) in [7, 11) is 0. The van der Waals surface area contributed by atoms with Gasteiger partial charge < -0.3 is 14.6 Å². The number of anilines is 1. The van der Waals surface area contributed by atoms with Gasteiger partial charge in [0.2, 0.25) is 11.7 Å². The number of nitrogens with one attached hydrogen (secondary N) is 1. The van der Waals surface area contributed by atoms with Crippen LogP contribution in [0.1, 0.15) is 23.2 Å². The molecule has 0 saturated heterocycles. The zero-order valence-corrected chi connectivity index (χ0v) is 14.5. The lowest BCUT2D eigenvalue weighted by Gasteiger charge is -2.05. The predicted octanol–water partition coefficient (Wildman–Crippen LogP) is 3.71. The van der Waals surface area contributed by atoms with Crippen LogP contribution >= 0.6 is 11.6 Å². The first-order valence-corrected chi connectivity index (χ1v) is 8.02. The Morgan fingerprint density at radius 3 is 2.69 bits per heavy atom. The van der Waals surface area contributed by atoms with E-state index in [-0.39, 0.29) is 18.4 Å². The number of halogens is 1. The molecular formula is C18H14ClN3O4. The van der Waals surface area contributed by atoms with Crippen molar-refractivity contribution >= 4 is 29.2 Å². The van der Waals surface area contributed by atoms with Crippen LogP contribution in [0.2, 0.25) is 5.02 Å². The normalized spacial score (nSPS) is 10.4. The zero-order valence-electron chi connectivity index (χ0n) is 13.7. The van der Waals surface area contributed by atoms with Gasteiger partial charge in [-0.2, -0.15) is 4.98 Å². The highest BCUT2D eigenvalue weighted by Crippen LogP contribution is 2.19. The Morgan fingerprint density at radius 1 is 1.19 bits per heavy atom. The Labute approximate surface area is 153 Å². The van der Waals surface area contributed by atoms with Crippen molar-refractivity contribution in [2.75, 3.05) is 5.32 Å². The number of hydrogen-bond acceptors (Lipinski definition) is 6. The minimum absolute atomic E-state index is 0.163. The topological polar surface area (TPSA) is 94.3 Å².